The van der Waals surface area contributed by atoms with Crippen LogP contribution >= 0.6 is 0 Å². The topological polar surface area (TPSA) is 70.7 Å². The summed E-state index contributed by atoms with van der Waals surface area (Å²) in [5.74, 6) is 0.775. The Balaban J connectivity index is 1.43. The molecule has 7 heteroatoms. The summed E-state index contributed by atoms with van der Waals surface area (Å²) in [6.07, 6.45) is 0. The summed E-state index contributed by atoms with van der Waals surface area (Å²) in [5, 5.41) is 0. The fraction of sp³-hybridized carbons (Fsp3) is 0.360. The Morgan fingerprint density at radius 3 is 2.22 bits per heavy atom. The molecule has 4 rings (SSSR count). The summed E-state index contributed by atoms with van der Waals surface area (Å²) >= 11 is 0. The van der Waals surface area contributed by atoms with E-state index >= 15 is 0 Å². The van der Waals surface area contributed by atoms with Crippen molar-refractivity contribution in [2.24, 2.45) is 0 Å². The molecule has 0 radical (unpaired) electrons. The Hall–Kier alpha value is -3.00. The van der Waals surface area contributed by atoms with Gasteiger partial charge in [-0.15, -0.1) is 0 Å². The van der Waals surface area contributed by atoms with E-state index in [1.165, 1.54) is 5.56 Å². The number of ether oxygens (including phenoxy) is 2. The molecule has 0 spiro atoms. The number of methoxy groups -OCH3 is 2. The molecule has 2 heterocycles. The number of nitrogens with zero attached hydrogens (tertiary/aromatic N) is 3. The molecular weight excluding hydrogens is 404 g/mol. The van der Waals surface area contributed by atoms with E-state index in [1.807, 2.05) is 42.5 Å². The molecule has 1 fully saturated rings. The lowest BCUT2D eigenvalue weighted by Gasteiger charge is -2.34. The van der Waals surface area contributed by atoms with E-state index in [2.05, 4.69) is 31.9 Å². The van der Waals surface area contributed by atoms with Gasteiger partial charge in [0, 0.05) is 51.9 Å². The van der Waals surface area contributed by atoms with Crippen molar-refractivity contribution in [2.75, 3.05) is 53.6 Å². The van der Waals surface area contributed by atoms with Crippen LogP contribution < -0.4 is 10.4 Å². The lowest BCUT2D eigenvalue weighted by Crippen LogP contribution is -2.46. The van der Waals surface area contributed by atoms with Crippen molar-refractivity contribution in [1.82, 2.24) is 19.8 Å². The third kappa shape index (κ3) is 5.62. The third-order valence-electron chi connectivity index (χ3n) is 5.88. The molecule has 2 aromatic carbocycles. The molecule has 3 aromatic rings. The van der Waals surface area contributed by atoms with Crippen molar-refractivity contribution in [2.45, 2.75) is 6.54 Å². The van der Waals surface area contributed by atoms with Gasteiger partial charge in [0.1, 0.15) is 5.75 Å². The van der Waals surface area contributed by atoms with E-state index in [-0.39, 0.29) is 5.69 Å². The van der Waals surface area contributed by atoms with Gasteiger partial charge in [0.25, 0.3) is 0 Å². The number of hydrogen-bond donors (Lipinski definition) is 1. The minimum absolute atomic E-state index is 0.358. The summed E-state index contributed by atoms with van der Waals surface area (Å²) in [6, 6.07) is 17.9. The second-order valence-electron chi connectivity index (χ2n) is 8.02. The molecule has 168 valence electrons. The van der Waals surface area contributed by atoms with Gasteiger partial charge in [-0.05, 0) is 41.5 Å². The summed E-state index contributed by atoms with van der Waals surface area (Å²) in [6.45, 7) is 6.99. The van der Waals surface area contributed by atoms with Crippen molar-refractivity contribution in [1.29, 1.82) is 0 Å². The molecule has 1 aliphatic rings. The van der Waals surface area contributed by atoms with Gasteiger partial charge in [-0.25, -0.2) is 4.79 Å². The Bertz CT molecular complexity index is 1060. The van der Waals surface area contributed by atoms with Crippen molar-refractivity contribution >= 4 is 0 Å². The van der Waals surface area contributed by atoms with Gasteiger partial charge in [-0.3, -0.25) is 9.80 Å². The number of rotatable bonds is 8. The van der Waals surface area contributed by atoms with Crippen LogP contribution in [0.4, 0.5) is 0 Å². The van der Waals surface area contributed by atoms with Gasteiger partial charge in [0.2, 0.25) is 0 Å². The zero-order valence-corrected chi connectivity index (χ0v) is 18.7. The van der Waals surface area contributed by atoms with E-state index in [1.54, 1.807) is 14.2 Å². The molecule has 0 saturated carbocycles. The predicted octanol–water partition coefficient (Wildman–Crippen LogP) is 2.88. The van der Waals surface area contributed by atoms with Crippen molar-refractivity contribution in [3.63, 3.8) is 0 Å². The summed E-state index contributed by atoms with van der Waals surface area (Å²) in [4.78, 5) is 24.1. The zero-order valence-electron chi connectivity index (χ0n) is 18.7. The molecule has 1 aliphatic heterocycles. The minimum atomic E-state index is -0.358. The lowest BCUT2D eigenvalue weighted by molar-refractivity contribution is 0.0938. The van der Waals surface area contributed by atoms with Crippen LogP contribution in [0.3, 0.4) is 0 Å². The summed E-state index contributed by atoms with van der Waals surface area (Å²) < 4.78 is 10.4. The molecular formula is C25H30N4O3. The molecule has 0 unspecified atom stereocenters. The lowest BCUT2D eigenvalue weighted by atomic mass is 10.1. The number of benzene rings is 2. The molecule has 0 aliphatic carbocycles. The fourth-order valence-electron chi connectivity index (χ4n) is 3.96. The summed E-state index contributed by atoms with van der Waals surface area (Å²) in [5.41, 5.74) is 4.14. The van der Waals surface area contributed by atoms with Gasteiger partial charge in [0.05, 0.1) is 25.1 Å². The number of piperazine rings is 1. The Kier molecular flexibility index (Phi) is 7.32. The molecule has 0 amide bonds. The molecule has 1 aromatic heterocycles. The Morgan fingerprint density at radius 2 is 1.56 bits per heavy atom. The highest BCUT2D eigenvalue weighted by molar-refractivity contribution is 5.67. The maximum atomic E-state index is 12.2. The number of H-pyrrole nitrogens is 1. The number of aromatic nitrogens is 2. The highest BCUT2D eigenvalue weighted by atomic mass is 16.5. The second-order valence-corrected chi connectivity index (χ2v) is 8.02. The SMILES string of the molecule is COCCN1CCN(Cc2ccc(-c3cc(-c4ccc(OC)cc4)[nH]c(=O)n3)cc2)CC1. The monoisotopic (exact) mass is 434 g/mol. The first-order chi connectivity index (χ1) is 15.6. The fourth-order valence-corrected chi connectivity index (χ4v) is 3.96. The second kappa shape index (κ2) is 10.5. The van der Waals surface area contributed by atoms with Crippen LogP contribution in [0.15, 0.2) is 59.4 Å². The van der Waals surface area contributed by atoms with Gasteiger partial charge < -0.3 is 14.5 Å². The molecule has 1 saturated heterocycles. The maximum Gasteiger partial charge on any atom is 0.345 e. The van der Waals surface area contributed by atoms with Crippen LogP contribution in [-0.4, -0.2) is 73.3 Å². The number of nitrogens with one attached hydrogen (secondary N) is 1. The quantitative estimate of drug-likeness (QED) is 0.588. The first-order valence-corrected chi connectivity index (χ1v) is 10.9. The van der Waals surface area contributed by atoms with Crippen molar-refractivity contribution in [3.8, 4) is 28.3 Å². The first kappa shape index (κ1) is 22.2. The normalized spacial score (nSPS) is 15.1. The smallest absolute Gasteiger partial charge is 0.345 e. The number of hydrogen-bond acceptors (Lipinski definition) is 6. The average molecular weight is 435 g/mol. The largest absolute Gasteiger partial charge is 0.497 e. The Morgan fingerprint density at radius 1 is 0.906 bits per heavy atom. The van der Waals surface area contributed by atoms with Crippen LogP contribution in [0.1, 0.15) is 5.56 Å². The van der Waals surface area contributed by atoms with Gasteiger partial charge in [-0.2, -0.15) is 4.98 Å². The standard InChI is InChI=1S/C25H30N4O3/c1-31-16-15-28-11-13-29(14-12-28)18-19-3-5-20(6-4-19)23-17-24(27-25(30)26-23)21-7-9-22(32-2)10-8-21/h3-10,17H,11-16,18H2,1-2H3,(H,26,27,30). The van der Waals surface area contributed by atoms with Crippen LogP contribution in [-0.2, 0) is 11.3 Å². The average Bonchev–Trinajstić information content (AvgIpc) is 2.84. The van der Waals surface area contributed by atoms with Crippen molar-refractivity contribution < 1.29 is 9.47 Å². The molecule has 1 N–H and O–H groups in total. The van der Waals surface area contributed by atoms with E-state index in [0.717, 1.165) is 68.4 Å². The maximum absolute atomic E-state index is 12.2. The van der Waals surface area contributed by atoms with Crippen LogP contribution in [0, 0.1) is 0 Å². The highest BCUT2D eigenvalue weighted by Gasteiger charge is 2.16. The molecule has 0 atom stereocenters. The predicted molar refractivity (Wildman–Crippen MR) is 126 cm³/mol. The van der Waals surface area contributed by atoms with E-state index in [0.29, 0.717) is 5.69 Å². The Labute approximate surface area is 188 Å². The van der Waals surface area contributed by atoms with E-state index < -0.39 is 0 Å². The summed E-state index contributed by atoms with van der Waals surface area (Å²) in [7, 11) is 3.38. The van der Waals surface area contributed by atoms with Crippen LogP contribution in [0.5, 0.6) is 5.75 Å². The van der Waals surface area contributed by atoms with Crippen LogP contribution in [0.2, 0.25) is 0 Å². The van der Waals surface area contributed by atoms with Gasteiger partial charge in [-0.1, -0.05) is 24.3 Å². The van der Waals surface area contributed by atoms with Crippen LogP contribution in [0.25, 0.3) is 22.5 Å². The van der Waals surface area contributed by atoms with Gasteiger partial charge in [0.15, 0.2) is 0 Å². The minimum Gasteiger partial charge on any atom is -0.497 e. The molecule has 7 nitrogen and oxygen atoms in total. The third-order valence-corrected chi connectivity index (χ3v) is 5.88. The zero-order chi connectivity index (χ0) is 22.3. The van der Waals surface area contributed by atoms with Crippen molar-refractivity contribution in [3.05, 3.63) is 70.6 Å². The van der Waals surface area contributed by atoms with E-state index in [9.17, 15) is 4.79 Å². The first-order valence-electron chi connectivity index (χ1n) is 10.9. The van der Waals surface area contributed by atoms with Gasteiger partial charge >= 0.3 is 5.69 Å². The van der Waals surface area contributed by atoms with E-state index in [4.69, 9.17) is 9.47 Å². The number of aromatic amines is 1. The highest BCUT2D eigenvalue weighted by Crippen LogP contribution is 2.24. The molecule has 0 bridgehead atoms. The molecule has 32 heavy (non-hydrogen) atoms.